The third-order valence-corrected chi connectivity index (χ3v) is 4.98. The molecule has 3 N–H and O–H groups in total. The van der Waals surface area contributed by atoms with Crippen molar-refractivity contribution in [1.82, 2.24) is 10.6 Å². The number of amides is 2. The Bertz CT molecular complexity index is 591. The number of aliphatic hydroxyl groups is 1. The lowest BCUT2D eigenvalue weighted by atomic mass is 10.0. The van der Waals surface area contributed by atoms with Gasteiger partial charge in [-0.15, -0.1) is 0 Å². The minimum atomic E-state index is -0.426. The summed E-state index contributed by atoms with van der Waals surface area (Å²) in [6, 6.07) is 0. The van der Waals surface area contributed by atoms with Gasteiger partial charge in [0, 0.05) is 32.5 Å². The van der Waals surface area contributed by atoms with E-state index in [0.29, 0.717) is 64.0 Å². The molecule has 0 aliphatic rings. The fraction of sp³-hybridized carbons (Fsp3) is 0.929. The third kappa shape index (κ3) is 27.4. The first kappa shape index (κ1) is 36.9. The standard InChI is InChI=1S/C23H46N2O6.C5H12/c1-8-24-19(27)9-16-30-23(6,7)13-18-31-21(2,3)11-14-25-20(28)10-17-29-22(4,5)12-15-26;1-5(2,3)4/h26H,8-18H2,1-7H3,(H,24,27)(H,25,28);1-4H3. The molecule has 0 aromatic rings. The van der Waals surface area contributed by atoms with Crippen molar-refractivity contribution in [2.75, 3.05) is 39.5 Å². The molecule has 2 amide bonds. The fourth-order valence-electron chi connectivity index (χ4n) is 2.78. The van der Waals surface area contributed by atoms with Gasteiger partial charge in [-0.3, -0.25) is 9.59 Å². The van der Waals surface area contributed by atoms with Gasteiger partial charge in [-0.05, 0) is 73.1 Å². The summed E-state index contributed by atoms with van der Waals surface area (Å²) < 4.78 is 17.5. The van der Waals surface area contributed by atoms with Gasteiger partial charge < -0.3 is 30.0 Å². The van der Waals surface area contributed by atoms with E-state index in [4.69, 9.17) is 19.3 Å². The van der Waals surface area contributed by atoms with Crippen molar-refractivity contribution in [3.63, 3.8) is 0 Å². The van der Waals surface area contributed by atoms with Crippen LogP contribution in [0.15, 0.2) is 0 Å². The van der Waals surface area contributed by atoms with Crippen LogP contribution in [0.25, 0.3) is 0 Å². The summed E-state index contributed by atoms with van der Waals surface area (Å²) in [5.74, 6) is -0.0598. The topological polar surface area (TPSA) is 106 Å². The lowest BCUT2D eigenvalue weighted by Crippen LogP contribution is -2.35. The molecule has 0 bridgehead atoms. The summed E-state index contributed by atoms with van der Waals surface area (Å²) in [5, 5.41) is 14.6. The maximum Gasteiger partial charge on any atom is 0.222 e. The second-order valence-electron chi connectivity index (χ2n) is 12.6. The summed E-state index contributed by atoms with van der Waals surface area (Å²) in [5.41, 5.74) is -0.672. The lowest BCUT2D eigenvalue weighted by molar-refractivity contribution is -0.124. The molecular weight excluding hydrogens is 460 g/mol. The van der Waals surface area contributed by atoms with E-state index in [0.717, 1.165) is 0 Å². The van der Waals surface area contributed by atoms with Crippen molar-refractivity contribution in [3.8, 4) is 0 Å². The third-order valence-electron chi connectivity index (χ3n) is 4.98. The van der Waals surface area contributed by atoms with E-state index < -0.39 is 5.60 Å². The van der Waals surface area contributed by atoms with Crippen LogP contribution in [0.2, 0.25) is 0 Å². The summed E-state index contributed by atoms with van der Waals surface area (Å²) in [4.78, 5) is 23.5. The molecule has 0 radical (unpaired) electrons. The molecule has 8 nitrogen and oxygen atoms in total. The van der Waals surface area contributed by atoms with Gasteiger partial charge in [0.15, 0.2) is 0 Å². The molecule has 0 heterocycles. The molecule has 8 heteroatoms. The van der Waals surface area contributed by atoms with E-state index in [1.54, 1.807) is 0 Å². The monoisotopic (exact) mass is 518 g/mol. The molecule has 0 atom stereocenters. The summed E-state index contributed by atoms with van der Waals surface area (Å²) in [7, 11) is 0. The van der Waals surface area contributed by atoms with Crippen molar-refractivity contribution >= 4 is 11.8 Å². The molecule has 0 unspecified atom stereocenters. The van der Waals surface area contributed by atoms with E-state index in [9.17, 15) is 9.59 Å². The molecular formula is C28H58N2O6. The number of nitrogens with one attached hydrogen (secondary N) is 2. The van der Waals surface area contributed by atoms with Gasteiger partial charge in [0.2, 0.25) is 11.8 Å². The minimum absolute atomic E-state index is 0.00170. The number of carbonyl (C=O) groups is 2. The predicted molar refractivity (Wildman–Crippen MR) is 147 cm³/mol. The zero-order chi connectivity index (χ0) is 28.5. The predicted octanol–water partition coefficient (Wildman–Crippen LogP) is 4.62. The van der Waals surface area contributed by atoms with Gasteiger partial charge in [0.1, 0.15) is 0 Å². The first-order valence-electron chi connectivity index (χ1n) is 13.4. The highest BCUT2D eigenvalue weighted by atomic mass is 16.5. The SMILES string of the molecule is CC(C)(C)C.CCNC(=O)CCOC(C)(C)CCOC(C)(C)CCNC(=O)CCOC(C)(C)CCO. The van der Waals surface area contributed by atoms with Crippen LogP contribution in [0.1, 0.15) is 108 Å². The van der Waals surface area contributed by atoms with Gasteiger partial charge in [-0.25, -0.2) is 0 Å². The first-order chi connectivity index (χ1) is 16.3. The number of rotatable bonds is 18. The van der Waals surface area contributed by atoms with Crippen molar-refractivity contribution in [2.24, 2.45) is 5.41 Å². The van der Waals surface area contributed by atoms with Gasteiger partial charge in [0.05, 0.1) is 36.6 Å². The Hall–Kier alpha value is -1.22. The number of carbonyl (C=O) groups excluding carboxylic acids is 2. The molecule has 0 rings (SSSR count). The highest BCUT2D eigenvalue weighted by molar-refractivity contribution is 5.76. The summed E-state index contributed by atoms with van der Waals surface area (Å²) in [6.07, 6.45) is 2.58. The Balaban J connectivity index is 0. The number of ether oxygens (including phenoxy) is 3. The average molecular weight is 519 g/mol. The maximum atomic E-state index is 12.0. The first-order valence-corrected chi connectivity index (χ1v) is 13.4. The van der Waals surface area contributed by atoms with Gasteiger partial charge >= 0.3 is 0 Å². The van der Waals surface area contributed by atoms with E-state index in [1.807, 2.05) is 48.5 Å². The Kier molecular flexibility index (Phi) is 18.6. The summed E-state index contributed by atoms with van der Waals surface area (Å²) >= 11 is 0. The quantitative estimate of drug-likeness (QED) is 0.244. The molecule has 0 saturated heterocycles. The molecule has 0 saturated carbocycles. The molecule has 216 valence electrons. The number of hydrogen-bond donors (Lipinski definition) is 3. The number of aliphatic hydroxyl groups excluding tert-OH is 1. The van der Waals surface area contributed by atoms with Gasteiger partial charge in [-0.2, -0.15) is 0 Å². The van der Waals surface area contributed by atoms with Crippen LogP contribution in [-0.2, 0) is 23.8 Å². The molecule has 0 aliphatic heterocycles. The van der Waals surface area contributed by atoms with Crippen LogP contribution in [0.3, 0.4) is 0 Å². The van der Waals surface area contributed by atoms with Crippen LogP contribution < -0.4 is 10.6 Å². The highest BCUT2D eigenvalue weighted by Gasteiger charge is 2.23. The largest absolute Gasteiger partial charge is 0.396 e. The fourth-order valence-corrected chi connectivity index (χ4v) is 2.78. The highest BCUT2D eigenvalue weighted by Crippen LogP contribution is 2.19. The normalized spacial score (nSPS) is 12.6. The molecule has 0 aromatic carbocycles. The van der Waals surface area contributed by atoms with Crippen molar-refractivity contribution < 1.29 is 28.9 Å². The molecule has 0 aliphatic carbocycles. The smallest absolute Gasteiger partial charge is 0.222 e. The van der Waals surface area contributed by atoms with Crippen LogP contribution in [0.4, 0.5) is 0 Å². The molecule has 0 spiro atoms. The Morgan fingerprint density at radius 3 is 1.47 bits per heavy atom. The van der Waals surface area contributed by atoms with Gasteiger partial charge in [0.25, 0.3) is 0 Å². The number of hydrogen-bond acceptors (Lipinski definition) is 6. The molecule has 0 aromatic heterocycles. The second-order valence-corrected chi connectivity index (χ2v) is 12.6. The summed E-state index contributed by atoms with van der Waals surface area (Å²) in [6.45, 7) is 24.9. The van der Waals surface area contributed by atoms with E-state index in [-0.39, 0.29) is 36.0 Å². The van der Waals surface area contributed by atoms with Crippen LogP contribution in [0.5, 0.6) is 0 Å². The molecule has 36 heavy (non-hydrogen) atoms. The van der Waals surface area contributed by atoms with Crippen LogP contribution in [-0.4, -0.2) is 73.2 Å². The van der Waals surface area contributed by atoms with Crippen molar-refractivity contribution in [2.45, 2.75) is 125 Å². The average Bonchev–Trinajstić information content (AvgIpc) is 2.66. The second kappa shape index (κ2) is 18.1. The minimum Gasteiger partial charge on any atom is -0.396 e. The van der Waals surface area contributed by atoms with Gasteiger partial charge in [-0.1, -0.05) is 27.7 Å². The van der Waals surface area contributed by atoms with Crippen LogP contribution >= 0.6 is 0 Å². The Morgan fingerprint density at radius 2 is 1.03 bits per heavy atom. The molecule has 0 fully saturated rings. The Labute approximate surface area is 221 Å². The van der Waals surface area contributed by atoms with E-state index in [2.05, 4.69) is 38.3 Å². The zero-order valence-electron chi connectivity index (χ0n) is 25.3. The Morgan fingerprint density at radius 1 is 0.639 bits per heavy atom. The van der Waals surface area contributed by atoms with Crippen LogP contribution in [0, 0.1) is 5.41 Å². The van der Waals surface area contributed by atoms with Crippen molar-refractivity contribution in [1.29, 1.82) is 0 Å². The maximum absolute atomic E-state index is 12.0. The van der Waals surface area contributed by atoms with Crippen molar-refractivity contribution in [3.05, 3.63) is 0 Å². The van der Waals surface area contributed by atoms with E-state index in [1.165, 1.54) is 0 Å². The lowest BCUT2D eigenvalue weighted by Gasteiger charge is -2.30. The zero-order valence-corrected chi connectivity index (χ0v) is 25.3. The van der Waals surface area contributed by atoms with E-state index >= 15 is 0 Å².